The molecule has 9 rings (SSSR count). The van der Waals surface area contributed by atoms with Crippen molar-refractivity contribution < 1.29 is 4.42 Å². The molecule has 2 aromatic heterocycles. The maximum atomic E-state index is 6.19. The van der Waals surface area contributed by atoms with Gasteiger partial charge in [0, 0.05) is 42.3 Å². The summed E-state index contributed by atoms with van der Waals surface area (Å²) >= 11 is 1.87. The first-order chi connectivity index (χ1) is 22.3. The Labute approximate surface area is 265 Å². The summed E-state index contributed by atoms with van der Waals surface area (Å²) in [5.74, 6) is 0. The normalized spacial score (nSPS) is 11.6. The smallest absolute Gasteiger partial charge is 0.136 e. The second-order valence-corrected chi connectivity index (χ2v) is 12.4. The van der Waals surface area contributed by atoms with Crippen molar-refractivity contribution in [2.45, 2.75) is 0 Å². The van der Waals surface area contributed by atoms with E-state index in [-0.39, 0.29) is 0 Å². The predicted molar refractivity (Wildman–Crippen MR) is 192 cm³/mol. The van der Waals surface area contributed by atoms with Crippen LogP contribution in [0.25, 0.3) is 64.4 Å². The van der Waals surface area contributed by atoms with Gasteiger partial charge in [-0.15, -0.1) is 11.3 Å². The monoisotopic (exact) mass is 593 g/mol. The van der Waals surface area contributed by atoms with Gasteiger partial charge in [0.05, 0.1) is 5.69 Å². The molecule has 0 spiro atoms. The van der Waals surface area contributed by atoms with Gasteiger partial charge < -0.3 is 9.32 Å². The number of benzene rings is 7. The first kappa shape index (κ1) is 25.8. The van der Waals surface area contributed by atoms with Crippen LogP contribution in [0.5, 0.6) is 0 Å². The molecule has 0 amide bonds. The molecular formula is C42H27NOS. The molecule has 0 saturated heterocycles. The van der Waals surface area contributed by atoms with Crippen LogP contribution in [0.15, 0.2) is 168 Å². The van der Waals surface area contributed by atoms with Crippen molar-refractivity contribution >= 4 is 70.5 Å². The first-order valence-corrected chi connectivity index (χ1v) is 16.0. The molecule has 0 radical (unpaired) electrons. The van der Waals surface area contributed by atoms with Crippen LogP contribution in [0.1, 0.15) is 0 Å². The summed E-state index contributed by atoms with van der Waals surface area (Å²) in [6.07, 6.45) is 0. The number of nitrogens with zero attached hydrogens (tertiary/aromatic N) is 1. The van der Waals surface area contributed by atoms with Crippen molar-refractivity contribution in [3.63, 3.8) is 0 Å². The van der Waals surface area contributed by atoms with Crippen LogP contribution in [-0.2, 0) is 0 Å². The Morgan fingerprint density at radius 1 is 0.444 bits per heavy atom. The fourth-order valence-electron chi connectivity index (χ4n) is 6.55. The quantitative estimate of drug-likeness (QED) is 0.197. The minimum atomic E-state index is 0.911. The highest BCUT2D eigenvalue weighted by molar-refractivity contribution is 7.26. The molecule has 212 valence electrons. The number of furan rings is 1. The molecule has 2 heterocycles. The Hall–Kier alpha value is -5.64. The molecule has 7 aromatic carbocycles. The Kier molecular flexibility index (Phi) is 6.03. The van der Waals surface area contributed by atoms with E-state index in [0.717, 1.165) is 44.4 Å². The number of anilines is 3. The van der Waals surface area contributed by atoms with Crippen molar-refractivity contribution in [3.8, 4) is 22.3 Å². The predicted octanol–water partition coefficient (Wildman–Crippen LogP) is 12.8. The van der Waals surface area contributed by atoms with Gasteiger partial charge in [-0.3, -0.25) is 0 Å². The lowest BCUT2D eigenvalue weighted by molar-refractivity contribution is 0.669. The lowest BCUT2D eigenvalue weighted by Gasteiger charge is -2.27. The maximum absolute atomic E-state index is 6.19. The molecule has 0 unspecified atom stereocenters. The summed E-state index contributed by atoms with van der Waals surface area (Å²) in [5.41, 5.74) is 10.0. The van der Waals surface area contributed by atoms with E-state index in [4.69, 9.17) is 4.42 Å². The van der Waals surface area contributed by atoms with Gasteiger partial charge in [0.15, 0.2) is 0 Å². The minimum absolute atomic E-state index is 0.911. The zero-order valence-corrected chi connectivity index (χ0v) is 25.2. The van der Waals surface area contributed by atoms with Gasteiger partial charge in [-0.2, -0.15) is 0 Å². The Bertz CT molecular complexity index is 2470. The molecule has 0 aliphatic rings. The van der Waals surface area contributed by atoms with E-state index in [1.165, 1.54) is 37.0 Å². The number of rotatable bonds is 5. The van der Waals surface area contributed by atoms with E-state index in [9.17, 15) is 0 Å². The summed E-state index contributed by atoms with van der Waals surface area (Å²) in [6.45, 7) is 0. The number of thiophene rings is 1. The number of para-hydroxylation sites is 2. The van der Waals surface area contributed by atoms with E-state index in [1.807, 2.05) is 23.5 Å². The van der Waals surface area contributed by atoms with Crippen molar-refractivity contribution in [2.24, 2.45) is 0 Å². The molecule has 2 nitrogen and oxygen atoms in total. The molecule has 45 heavy (non-hydrogen) atoms. The highest BCUT2D eigenvalue weighted by Crippen LogP contribution is 2.48. The largest absolute Gasteiger partial charge is 0.456 e. The molecule has 0 saturated carbocycles. The SMILES string of the molecule is c1ccc(-c2ccc(N(c3ccccc3)c3ccc(-c4ccc5c(c4)oc4ccccc45)cc3)c3c2sc2ccccc23)cc1. The van der Waals surface area contributed by atoms with E-state index < -0.39 is 0 Å². The Morgan fingerprint density at radius 2 is 1.09 bits per heavy atom. The fraction of sp³-hybridized carbons (Fsp3) is 0. The van der Waals surface area contributed by atoms with Crippen LogP contribution in [0.3, 0.4) is 0 Å². The van der Waals surface area contributed by atoms with Gasteiger partial charge in [0.1, 0.15) is 11.2 Å². The molecule has 3 heteroatoms. The van der Waals surface area contributed by atoms with E-state index in [1.54, 1.807) is 0 Å². The van der Waals surface area contributed by atoms with Gasteiger partial charge in [-0.05, 0) is 76.9 Å². The molecule has 0 atom stereocenters. The molecule has 9 aromatic rings. The third-order valence-electron chi connectivity index (χ3n) is 8.68. The Morgan fingerprint density at radius 3 is 1.91 bits per heavy atom. The third kappa shape index (κ3) is 4.32. The molecule has 0 N–H and O–H groups in total. The van der Waals surface area contributed by atoms with Crippen LogP contribution in [-0.4, -0.2) is 0 Å². The lowest BCUT2D eigenvalue weighted by Crippen LogP contribution is -2.10. The Balaban J connectivity index is 1.21. The maximum Gasteiger partial charge on any atom is 0.136 e. The van der Waals surface area contributed by atoms with Gasteiger partial charge >= 0.3 is 0 Å². The summed E-state index contributed by atoms with van der Waals surface area (Å²) in [5, 5.41) is 4.85. The van der Waals surface area contributed by atoms with Gasteiger partial charge in [-0.1, -0.05) is 109 Å². The van der Waals surface area contributed by atoms with Crippen molar-refractivity contribution in [1.82, 2.24) is 0 Å². The topological polar surface area (TPSA) is 16.4 Å². The van der Waals surface area contributed by atoms with Crippen molar-refractivity contribution in [3.05, 3.63) is 164 Å². The molecule has 0 fully saturated rings. The summed E-state index contributed by atoms with van der Waals surface area (Å²) in [4.78, 5) is 2.39. The standard InChI is InChI=1S/C42H27NOS/c1-3-11-29(12-4-1)33-25-26-37(41-36-16-8-10-18-40(36)45-42(33)41)43(31-13-5-2-6-14-31)32-22-19-28(20-23-32)30-21-24-35-34-15-7-9-17-38(34)44-39(35)27-30/h1-27H. The average molecular weight is 594 g/mol. The average Bonchev–Trinajstić information content (AvgIpc) is 3.68. The third-order valence-corrected chi connectivity index (χ3v) is 9.89. The van der Waals surface area contributed by atoms with Crippen LogP contribution < -0.4 is 4.90 Å². The zero-order valence-electron chi connectivity index (χ0n) is 24.4. The second-order valence-electron chi connectivity index (χ2n) is 11.3. The molecule has 0 bridgehead atoms. The highest BCUT2D eigenvalue weighted by atomic mass is 32.1. The molecule has 0 aliphatic carbocycles. The number of fused-ring (bicyclic) bond motifs is 6. The molecule has 0 aliphatic heterocycles. The van der Waals surface area contributed by atoms with Crippen LogP contribution in [0.4, 0.5) is 17.1 Å². The highest BCUT2D eigenvalue weighted by Gasteiger charge is 2.21. The van der Waals surface area contributed by atoms with Gasteiger partial charge in [0.25, 0.3) is 0 Å². The van der Waals surface area contributed by atoms with Gasteiger partial charge in [-0.25, -0.2) is 0 Å². The first-order valence-electron chi connectivity index (χ1n) is 15.2. The zero-order chi connectivity index (χ0) is 29.7. The van der Waals surface area contributed by atoms with Crippen LogP contribution in [0.2, 0.25) is 0 Å². The van der Waals surface area contributed by atoms with E-state index >= 15 is 0 Å². The minimum Gasteiger partial charge on any atom is -0.456 e. The lowest BCUT2D eigenvalue weighted by atomic mass is 9.99. The van der Waals surface area contributed by atoms with E-state index in [2.05, 4.69) is 157 Å². The van der Waals surface area contributed by atoms with Crippen molar-refractivity contribution in [2.75, 3.05) is 4.90 Å². The van der Waals surface area contributed by atoms with Crippen LogP contribution in [0, 0.1) is 0 Å². The summed E-state index contributed by atoms with van der Waals surface area (Å²) in [6, 6.07) is 58.4. The second kappa shape index (κ2) is 10.5. The number of hydrogen-bond donors (Lipinski definition) is 0. The fourth-order valence-corrected chi connectivity index (χ4v) is 7.81. The van der Waals surface area contributed by atoms with E-state index in [0.29, 0.717) is 0 Å². The van der Waals surface area contributed by atoms with Gasteiger partial charge in [0.2, 0.25) is 0 Å². The van der Waals surface area contributed by atoms with Crippen LogP contribution >= 0.6 is 11.3 Å². The van der Waals surface area contributed by atoms with Crippen molar-refractivity contribution in [1.29, 1.82) is 0 Å². The number of hydrogen-bond acceptors (Lipinski definition) is 3. The molecular weight excluding hydrogens is 567 g/mol. The summed E-state index contributed by atoms with van der Waals surface area (Å²) in [7, 11) is 0. The summed E-state index contributed by atoms with van der Waals surface area (Å²) < 4.78 is 8.79.